The molecule has 0 aliphatic carbocycles. The minimum absolute atomic E-state index is 0.174. The lowest BCUT2D eigenvalue weighted by Gasteiger charge is -2.05. The second-order valence-electron chi connectivity index (χ2n) is 4.72. The van der Waals surface area contributed by atoms with Crippen molar-refractivity contribution in [1.29, 1.82) is 5.26 Å². The lowest BCUT2D eigenvalue weighted by molar-refractivity contribution is -0.113. The van der Waals surface area contributed by atoms with Gasteiger partial charge in [-0.25, -0.2) is 0 Å². The number of carbonyl (C=O) groups excluding carboxylic acids is 1. The number of thioether (sulfide) groups is 2. The summed E-state index contributed by atoms with van der Waals surface area (Å²) in [5.74, 6) is 0.850. The summed E-state index contributed by atoms with van der Waals surface area (Å²) in [5, 5.41) is 20.0. The predicted octanol–water partition coefficient (Wildman–Crippen LogP) is 4.46. The molecule has 1 heterocycles. The molecule has 0 saturated carbocycles. The predicted molar refractivity (Wildman–Crippen MR) is 101 cm³/mol. The van der Waals surface area contributed by atoms with Crippen LogP contribution < -0.4 is 5.32 Å². The van der Waals surface area contributed by atoms with Gasteiger partial charge in [0.05, 0.1) is 16.3 Å². The van der Waals surface area contributed by atoms with Gasteiger partial charge in [-0.1, -0.05) is 58.6 Å². The molecule has 2 rings (SSSR count). The van der Waals surface area contributed by atoms with Gasteiger partial charge in [0.1, 0.15) is 6.07 Å². The van der Waals surface area contributed by atoms with Gasteiger partial charge in [-0.2, -0.15) is 5.26 Å². The third kappa shape index (κ3) is 5.83. The molecule has 2 aromatic rings. The molecule has 0 aliphatic rings. The van der Waals surface area contributed by atoms with Crippen LogP contribution in [0.5, 0.6) is 0 Å². The number of aromatic nitrogens is 2. The average molecular weight is 397 g/mol. The Morgan fingerprint density at radius 2 is 2.04 bits per heavy atom. The lowest BCUT2D eigenvalue weighted by atomic mass is 10.2. The summed E-state index contributed by atoms with van der Waals surface area (Å²) in [6.07, 6.45) is 0. The van der Waals surface area contributed by atoms with Crippen LogP contribution in [0.15, 0.2) is 39.0 Å². The van der Waals surface area contributed by atoms with Crippen LogP contribution in [0.25, 0.3) is 0 Å². The van der Waals surface area contributed by atoms with Crippen molar-refractivity contribution in [3.8, 4) is 6.07 Å². The summed E-state index contributed by atoms with van der Waals surface area (Å²) in [5.41, 5.74) is 2.00. The van der Waals surface area contributed by atoms with E-state index in [0.29, 0.717) is 16.3 Å². The molecule has 0 aliphatic heterocycles. The fourth-order valence-electron chi connectivity index (χ4n) is 1.51. The fraction of sp³-hybridized carbons (Fsp3) is 0.200. The van der Waals surface area contributed by atoms with Crippen molar-refractivity contribution < 1.29 is 4.79 Å². The van der Waals surface area contributed by atoms with Crippen LogP contribution in [0, 0.1) is 11.3 Å². The Hall–Kier alpha value is -1.53. The molecule has 1 aromatic carbocycles. The normalized spacial score (nSPS) is 10.2. The van der Waals surface area contributed by atoms with Crippen molar-refractivity contribution in [3.05, 3.63) is 40.9 Å². The molecule has 1 N–H and O–H groups in total. The zero-order chi connectivity index (χ0) is 17.5. The number of nitrogens with zero attached hydrogens (tertiary/aromatic N) is 3. The molecule has 0 bridgehead atoms. The van der Waals surface area contributed by atoms with Crippen LogP contribution in [-0.2, 0) is 4.79 Å². The van der Waals surface area contributed by atoms with Crippen LogP contribution in [-0.4, -0.2) is 27.6 Å². The molecule has 9 heteroatoms. The Bertz CT molecular complexity index is 800. The van der Waals surface area contributed by atoms with Crippen LogP contribution >= 0.6 is 46.5 Å². The molecular weight excluding hydrogens is 384 g/mol. The number of nitriles is 1. The van der Waals surface area contributed by atoms with Crippen molar-refractivity contribution in [2.24, 2.45) is 0 Å². The molecule has 24 heavy (non-hydrogen) atoms. The zero-order valence-corrected chi connectivity index (χ0v) is 15.9. The summed E-state index contributed by atoms with van der Waals surface area (Å²) < 4.78 is 1.60. The van der Waals surface area contributed by atoms with Gasteiger partial charge < -0.3 is 5.32 Å². The molecule has 1 amide bonds. The lowest BCUT2D eigenvalue weighted by Crippen LogP contribution is -2.13. The number of amides is 1. The third-order valence-corrected chi connectivity index (χ3v) is 6.26. The summed E-state index contributed by atoms with van der Waals surface area (Å²) in [4.78, 5) is 12.0. The van der Waals surface area contributed by atoms with Gasteiger partial charge >= 0.3 is 0 Å². The van der Waals surface area contributed by atoms with Crippen LogP contribution in [0.1, 0.15) is 12.5 Å². The highest BCUT2D eigenvalue weighted by atomic mass is 35.5. The SMILES string of the molecule is C=C(C)CSc1nnc(SCC(=O)Nc2ccc(C#N)c(Cl)c2)s1. The molecule has 1 aromatic heterocycles. The maximum Gasteiger partial charge on any atom is 0.234 e. The van der Waals surface area contributed by atoms with Crippen LogP contribution in [0.3, 0.4) is 0 Å². The van der Waals surface area contributed by atoms with Gasteiger partial charge in [-0.15, -0.1) is 10.2 Å². The van der Waals surface area contributed by atoms with E-state index in [-0.39, 0.29) is 11.7 Å². The van der Waals surface area contributed by atoms with Crippen molar-refractivity contribution in [2.45, 2.75) is 15.6 Å². The molecular formula is C15H13ClN4OS3. The van der Waals surface area contributed by atoms with Crippen molar-refractivity contribution in [2.75, 3.05) is 16.8 Å². The minimum atomic E-state index is -0.174. The van der Waals surface area contributed by atoms with Gasteiger partial charge in [0.2, 0.25) is 5.91 Å². The second kappa shape index (κ2) is 9.08. The number of rotatable bonds is 7. The minimum Gasteiger partial charge on any atom is -0.325 e. The van der Waals surface area contributed by atoms with Crippen molar-refractivity contribution >= 4 is 58.1 Å². The molecule has 5 nitrogen and oxygen atoms in total. The summed E-state index contributed by atoms with van der Waals surface area (Å²) in [6, 6.07) is 6.74. The van der Waals surface area contributed by atoms with Gasteiger partial charge in [0.25, 0.3) is 0 Å². The Labute approximate surface area is 157 Å². The van der Waals surface area contributed by atoms with E-state index in [1.54, 1.807) is 30.0 Å². The van der Waals surface area contributed by atoms with Crippen LogP contribution in [0.4, 0.5) is 5.69 Å². The highest BCUT2D eigenvalue weighted by Gasteiger charge is 2.10. The zero-order valence-electron chi connectivity index (χ0n) is 12.7. The van der Waals surface area contributed by atoms with Gasteiger partial charge in [0.15, 0.2) is 8.68 Å². The van der Waals surface area contributed by atoms with Crippen LogP contribution in [0.2, 0.25) is 5.02 Å². The first-order valence-corrected chi connectivity index (χ1v) is 9.87. The Morgan fingerprint density at radius 1 is 1.38 bits per heavy atom. The largest absolute Gasteiger partial charge is 0.325 e. The number of anilines is 1. The third-order valence-electron chi connectivity index (χ3n) is 2.53. The molecule has 0 spiro atoms. The molecule has 0 unspecified atom stereocenters. The molecule has 0 saturated heterocycles. The average Bonchev–Trinajstić information content (AvgIpc) is 2.99. The highest BCUT2D eigenvalue weighted by molar-refractivity contribution is 8.03. The first-order valence-electron chi connectivity index (χ1n) is 6.71. The van der Waals surface area contributed by atoms with E-state index in [1.165, 1.54) is 23.1 Å². The maximum atomic E-state index is 12.0. The number of hydrogen-bond donors (Lipinski definition) is 1. The number of carbonyl (C=O) groups is 1. The first kappa shape index (κ1) is 18.8. The number of nitrogens with one attached hydrogen (secondary N) is 1. The molecule has 124 valence electrons. The molecule has 0 atom stereocenters. The highest BCUT2D eigenvalue weighted by Crippen LogP contribution is 2.29. The van der Waals surface area contributed by atoms with Gasteiger partial charge in [-0.05, 0) is 25.1 Å². The number of benzene rings is 1. The monoisotopic (exact) mass is 396 g/mol. The quantitative estimate of drug-likeness (QED) is 0.549. The van der Waals surface area contributed by atoms with E-state index in [4.69, 9.17) is 16.9 Å². The number of hydrogen-bond acceptors (Lipinski definition) is 7. The summed E-state index contributed by atoms with van der Waals surface area (Å²) in [6.45, 7) is 5.81. The second-order valence-corrected chi connectivity index (χ2v) is 8.55. The van der Waals surface area contributed by atoms with E-state index >= 15 is 0 Å². The van der Waals surface area contributed by atoms with Crippen molar-refractivity contribution in [3.63, 3.8) is 0 Å². The van der Waals surface area contributed by atoms with E-state index < -0.39 is 0 Å². The van der Waals surface area contributed by atoms with E-state index in [2.05, 4.69) is 22.1 Å². The maximum absolute atomic E-state index is 12.0. The number of halogens is 1. The van der Waals surface area contributed by atoms with E-state index in [9.17, 15) is 4.79 Å². The van der Waals surface area contributed by atoms with Crippen molar-refractivity contribution in [1.82, 2.24) is 10.2 Å². The van der Waals surface area contributed by atoms with E-state index in [1.807, 2.05) is 13.0 Å². The molecule has 0 fully saturated rings. The van der Waals surface area contributed by atoms with E-state index in [0.717, 1.165) is 20.0 Å². The topological polar surface area (TPSA) is 78.7 Å². The van der Waals surface area contributed by atoms with Gasteiger partial charge in [0, 0.05) is 11.4 Å². The Kier molecular flexibility index (Phi) is 7.12. The Balaban J connectivity index is 1.84. The summed E-state index contributed by atoms with van der Waals surface area (Å²) >= 11 is 10.3. The standard InChI is InChI=1S/C15H13ClN4OS3/c1-9(2)7-22-14-19-20-15(24-14)23-8-13(21)18-11-4-3-10(6-17)12(16)5-11/h3-5H,1,7-8H2,2H3,(H,18,21). The summed E-state index contributed by atoms with van der Waals surface area (Å²) in [7, 11) is 0. The fourth-order valence-corrected chi connectivity index (χ4v) is 4.39. The first-order chi connectivity index (χ1) is 11.5. The smallest absolute Gasteiger partial charge is 0.234 e. The van der Waals surface area contributed by atoms with Gasteiger partial charge in [-0.3, -0.25) is 4.79 Å². The Morgan fingerprint density at radius 3 is 2.62 bits per heavy atom. The molecule has 0 radical (unpaired) electrons.